The molecule has 0 aromatic heterocycles. The number of amides is 1. The molecular weight excluding hydrogens is 347 g/mol. The number of carbonyl (C=O) groups excluding carboxylic acids is 1. The number of benzene rings is 2. The number of nitrogens with zero attached hydrogens (tertiary/aromatic N) is 1. The molecule has 5 nitrogen and oxygen atoms in total. The zero-order valence-corrected chi connectivity index (χ0v) is 15.0. The fourth-order valence-electron chi connectivity index (χ4n) is 3.50. The van der Waals surface area contributed by atoms with Gasteiger partial charge >= 0.3 is 5.97 Å². The van der Waals surface area contributed by atoms with Crippen molar-refractivity contribution in [3.8, 4) is 0 Å². The number of halogens is 1. The summed E-state index contributed by atoms with van der Waals surface area (Å²) in [5.41, 5.74) is 1.41. The van der Waals surface area contributed by atoms with Crippen molar-refractivity contribution < 1.29 is 19.1 Å². The largest absolute Gasteiger partial charge is 0.479 e. The Morgan fingerprint density at radius 3 is 2.67 bits per heavy atom. The van der Waals surface area contributed by atoms with Crippen LogP contribution in [0.15, 0.2) is 54.6 Å². The molecule has 0 radical (unpaired) electrons. The van der Waals surface area contributed by atoms with Gasteiger partial charge in [-0.15, -0.1) is 0 Å². The second kappa shape index (κ2) is 8.77. The number of carboxylic acids is 1. The number of carboxylic acid groups (broad SMARTS) is 1. The lowest BCUT2D eigenvalue weighted by Crippen LogP contribution is -2.45. The lowest BCUT2D eigenvalue weighted by Gasteiger charge is -2.32. The average molecular weight is 370 g/mol. The summed E-state index contributed by atoms with van der Waals surface area (Å²) >= 11 is 0. The molecule has 6 heteroatoms. The Morgan fingerprint density at radius 1 is 1.19 bits per heavy atom. The number of carbonyl (C=O) groups is 2. The molecule has 2 aromatic rings. The highest BCUT2D eigenvalue weighted by Crippen LogP contribution is 2.21. The van der Waals surface area contributed by atoms with E-state index in [9.17, 15) is 19.1 Å². The molecule has 2 aromatic carbocycles. The molecule has 2 N–H and O–H groups in total. The summed E-state index contributed by atoms with van der Waals surface area (Å²) in [7, 11) is 0. The van der Waals surface area contributed by atoms with Crippen molar-refractivity contribution in [2.24, 2.45) is 5.92 Å². The first-order valence-electron chi connectivity index (χ1n) is 9.08. The van der Waals surface area contributed by atoms with Gasteiger partial charge in [0.1, 0.15) is 5.82 Å². The van der Waals surface area contributed by atoms with Crippen LogP contribution in [0.5, 0.6) is 0 Å². The van der Waals surface area contributed by atoms with Crippen LogP contribution in [0.2, 0.25) is 0 Å². The third-order valence-electron chi connectivity index (χ3n) is 4.84. The van der Waals surface area contributed by atoms with Gasteiger partial charge in [0.25, 0.3) is 0 Å². The number of aliphatic carboxylic acids is 1. The average Bonchev–Trinajstić information content (AvgIpc) is 2.66. The summed E-state index contributed by atoms with van der Waals surface area (Å²) in [6, 6.07) is 14.1. The fraction of sp³-hybridized carbons (Fsp3) is 0.333. The Labute approximate surface area is 157 Å². The minimum atomic E-state index is -1.08. The van der Waals surface area contributed by atoms with Crippen LogP contribution in [0.1, 0.15) is 30.0 Å². The van der Waals surface area contributed by atoms with Gasteiger partial charge in [0.05, 0.1) is 5.92 Å². The first-order valence-corrected chi connectivity index (χ1v) is 9.08. The Kier molecular flexibility index (Phi) is 6.19. The summed E-state index contributed by atoms with van der Waals surface area (Å²) < 4.78 is 13.4. The molecule has 0 aliphatic carbocycles. The van der Waals surface area contributed by atoms with Crippen LogP contribution in [0.25, 0.3) is 0 Å². The van der Waals surface area contributed by atoms with Gasteiger partial charge < -0.3 is 10.4 Å². The lowest BCUT2D eigenvalue weighted by atomic mass is 9.95. The number of rotatable bonds is 6. The van der Waals surface area contributed by atoms with E-state index in [1.807, 2.05) is 6.07 Å². The van der Waals surface area contributed by atoms with Crippen LogP contribution >= 0.6 is 0 Å². The molecule has 2 atom stereocenters. The standard InChI is InChI=1S/C21H23FN2O3/c22-18-10-4-6-15(12-18)13-24-11-5-9-17(14-24)20(25)23-19(21(26)27)16-7-2-1-3-8-16/h1-4,6-8,10,12,17,19H,5,9,11,13-14H2,(H,23,25)(H,26,27)/t17-,19-/m0/s1. The van der Waals surface area contributed by atoms with Gasteiger partial charge in [0.15, 0.2) is 6.04 Å². The van der Waals surface area contributed by atoms with E-state index >= 15 is 0 Å². The van der Waals surface area contributed by atoms with Crippen molar-refractivity contribution in [1.82, 2.24) is 10.2 Å². The minimum absolute atomic E-state index is 0.254. The first-order chi connectivity index (χ1) is 13.0. The third-order valence-corrected chi connectivity index (χ3v) is 4.84. The van der Waals surface area contributed by atoms with Gasteiger partial charge in [-0.25, -0.2) is 9.18 Å². The second-order valence-corrected chi connectivity index (χ2v) is 6.89. The van der Waals surface area contributed by atoms with Crippen molar-refractivity contribution in [3.05, 3.63) is 71.5 Å². The molecule has 1 fully saturated rings. The highest BCUT2D eigenvalue weighted by Gasteiger charge is 2.29. The molecule has 3 rings (SSSR count). The Bertz CT molecular complexity index is 797. The van der Waals surface area contributed by atoms with E-state index in [1.165, 1.54) is 12.1 Å². The van der Waals surface area contributed by atoms with Crippen LogP contribution in [0.3, 0.4) is 0 Å². The maximum atomic E-state index is 13.4. The van der Waals surface area contributed by atoms with Gasteiger partial charge in [-0.2, -0.15) is 0 Å². The van der Waals surface area contributed by atoms with Crippen molar-refractivity contribution in [2.75, 3.05) is 13.1 Å². The molecule has 1 saturated heterocycles. The predicted octanol–water partition coefficient (Wildman–Crippen LogP) is 2.98. The van der Waals surface area contributed by atoms with Crippen LogP contribution in [-0.2, 0) is 16.1 Å². The van der Waals surface area contributed by atoms with Crippen molar-refractivity contribution >= 4 is 11.9 Å². The van der Waals surface area contributed by atoms with Gasteiger partial charge in [0, 0.05) is 13.1 Å². The van der Waals surface area contributed by atoms with Crippen LogP contribution < -0.4 is 5.32 Å². The molecule has 0 saturated carbocycles. The van der Waals surface area contributed by atoms with Crippen LogP contribution in [0.4, 0.5) is 4.39 Å². The molecule has 1 amide bonds. The van der Waals surface area contributed by atoms with E-state index in [4.69, 9.17) is 0 Å². The smallest absolute Gasteiger partial charge is 0.330 e. The van der Waals surface area contributed by atoms with Crippen molar-refractivity contribution in [1.29, 1.82) is 0 Å². The van der Waals surface area contributed by atoms with E-state index < -0.39 is 12.0 Å². The van der Waals surface area contributed by atoms with E-state index in [2.05, 4.69) is 10.2 Å². The van der Waals surface area contributed by atoms with E-state index in [1.54, 1.807) is 36.4 Å². The zero-order chi connectivity index (χ0) is 19.2. The zero-order valence-electron chi connectivity index (χ0n) is 15.0. The van der Waals surface area contributed by atoms with Gasteiger partial charge in [-0.1, -0.05) is 42.5 Å². The minimum Gasteiger partial charge on any atom is -0.479 e. The molecule has 0 bridgehead atoms. The van der Waals surface area contributed by atoms with Crippen LogP contribution in [-0.4, -0.2) is 35.0 Å². The number of nitrogens with one attached hydrogen (secondary N) is 1. The van der Waals surface area contributed by atoms with Gasteiger partial charge in [-0.05, 0) is 42.6 Å². The molecule has 1 aliphatic heterocycles. The lowest BCUT2D eigenvalue weighted by molar-refractivity contribution is -0.143. The van der Waals surface area contributed by atoms with Crippen molar-refractivity contribution in [2.45, 2.75) is 25.4 Å². The summed E-state index contributed by atoms with van der Waals surface area (Å²) in [6.45, 7) is 1.94. The number of hydrogen-bond acceptors (Lipinski definition) is 3. The topological polar surface area (TPSA) is 69.6 Å². The highest BCUT2D eigenvalue weighted by molar-refractivity contribution is 5.86. The van der Waals surface area contributed by atoms with Gasteiger partial charge in [0.2, 0.25) is 5.91 Å². The number of hydrogen-bond donors (Lipinski definition) is 2. The SMILES string of the molecule is O=C(N[C@H](C(=O)O)c1ccccc1)[C@H]1CCCN(Cc2cccc(F)c2)C1. The molecule has 27 heavy (non-hydrogen) atoms. The molecular formula is C21H23FN2O3. The quantitative estimate of drug-likeness (QED) is 0.820. The fourth-order valence-corrected chi connectivity index (χ4v) is 3.50. The predicted molar refractivity (Wildman–Crippen MR) is 99.4 cm³/mol. The maximum Gasteiger partial charge on any atom is 0.330 e. The Balaban J connectivity index is 1.63. The molecule has 142 valence electrons. The highest BCUT2D eigenvalue weighted by atomic mass is 19.1. The third kappa shape index (κ3) is 5.14. The van der Waals surface area contributed by atoms with Crippen LogP contribution in [0, 0.1) is 11.7 Å². The van der Waals surface area contributed by atoms with Gasteiger partial charge in [-0.3, -0.25) is 9.69 Å². The first kappa shape index (κ1) is 19.0. The molecule has 0 unspecified atom stereocenters. The number of likely N-dealkylation sites (tertiary alicyclic amines) is 1. The monoisotopic (exact) mass is 370 g/mol. The van der Waals surface area contributed by atoms with Crippen molar-refractivity contribution in [3.63, 3.8) is 0 Å². The summed E-state index contributed by atoms with van der Waals surface area (Å²) in [4.78, 5) is 26.4. The maximum absolute atomic E-state index is 13.4. The molecule has 1 heterocycles. The molecule has 1 aliphatic rings. The second-order valence-electron chi connectivity index (χ2n) is 6.89. The molecule has 0 spiro atoms. The van der Waals surface area contributed by atoms with E-state index in [-0.39, 0.29) is 17.6 Å². The normalized spacial score (nSPS) is 18.6. The van der Waals surface area contributed by atoms with E-state index in [0.29, 0.717) is 25.1 Å². The van der Waals surface area contributed by atoms with E-state index in [0.717, 1.165) is 18.5 Å². The Morgan fingerprint density at radius 2 is 1.96 bits per heavy atom. The summed E-state index contributed by atoms with van der Waals surface area (Å²) in [5.74, 6) is -1.89. The summed E-state index contributed by atoms with van der Waals surface area (Å²) in [5, 5.41) is 12.2. The Hall–Kier alpha value is -2.73. The number of piperidine rings is 1. The summed E-state index contributed by atoms with van der Waals surface area (Å²) in [6.07, 6.45) is 1.56.